The maximum absolute atomic E-state index is 13.2. The molecule has 2 atom stereocenters. The van der Waals surface area contributed by atoms with Crippen LogP contribution in [0.5, 0.6) is 0 Å². The van der Waals surface area contributed by atoms with E-state index >= 15 is 0 Å². The summed E-state index contributed by atoms with van der Waals surface area (Å²) in [5.74, 6) is -2.65. The van der Waals surface area contributed by atoms with Gasteiger partial charge in [0.05, 0.1) is 6.42 Å². The summed E-state index contributed by atoms with van der Waals surface area (Å²) in [6.07, 6.45) is 2.03. The molecule has 2 unspecified atom stereocenters. The van der Waals surface area contributed by atoms with Gasteiger partial charge in [-0.1, -0.05) is 0 Å². The number of benzene rings is 1. The lowest BCUT2D eigenvalue weighted by Gasteiger charge is -2.24. The maximum atomic E-state index is 13.2. The second kappa shape index (κ2) is 9.43. The van der Waals surface area contributed by atoms with E-state index in [1.54, 1.807) is 4.90 Å². The Bertz CT molecular complexity index is 691. The minimum Gasteiger partial charge on any atom is -0.344 e. The van der Waals surface area contributed by atoms with Crippen LogP contribution in [0, 0.1) is 11.6 Å². The first-order chi connectivity index (χ1) is 12.8. The third-order valence-corrected chi connectivity index (χ3v) is 4.54. The van der Waals surface area contributed by atoms with Gasteiger partial charge in [0.15, 0.2) is 0 Å². The quantitative estimate of drug-likeness (QED) is 0.784. The fourth-order valence-electron chi connectivity index (χ4n) is 3.11. The van der Waals surface area contributed by atoms with Crippen molar-refractivity contribution in [1.82, 2.24) is 15.5 Å². The van der Waals surface area contributed by atoms with Crippen molar-refractivity contribution < 1.29 is 23.2 Å². The van der Waals surface area contributed by atoms with Crippen LogP contribution in [0.25, 0.3) is 0 Å². The molecule has 3 amide bonds. The van der Waals surface area contributed by atoms with Crippen molar-refractivity contribution in [2.24, 2.45) is 0 Å². The van der Waals surface area contributed by atoms with Crippen LogP contribution in [0.3, 0.4) is 0 Å². The number of likely N-dealkylation sites (N-methyl/N-ethyl adjacent to an activating group) is 1. The lowest BCUT2D eigenvalue weighted by molar-refractivity contribution is -0.136. The largest absolute Gasteiger partial charge is 0.344 e. The highest BCUT2D eigenvalue weighted by Gasteiger charge is 2.29. The van der Waals surface area contributed by atoms with Crippen molar-refractivity contribution in [3.8, 4) is 0 Å². The van der Waals surface area contributed by atoms with Gasteiger partial charge < -0.3 is 15.5 Å². The fraction of sp³-hybridized carbons (Fsp3) is 0.526. The number of hydrogen-bond donors (Lipinski definition) is 2. The summed E-state index contributed by atoms with van der Waals surface area (Å²) in [4.78, 5) is 38.5. The molecule has 27 heavy (non-hydrogen) atoms. The van der Waals surface area contributed by atoms with E-state index < -0.39 is 35.5 Å². The number of nitrogens with zero attached hydrogens (tertiary/aromatic N) is 1. The van der Waals surface area contributed by atoms with Gasteiger partial charge in [0.1, 0.15) is 23.7 Å². The van der Waals surface area contributed by atoms with E-state index in [2.05, 4.69) is 10.6 Å². The van der Waals surface area contributed by atoms with Crippen molar-refractivity contribution in [3.63, 3.8) is 0 Å². The first kappa shape index (κ1) is 20.8. The molecule has 1 aliphatic heterocycles. The monoisotopic (exact) mass is 381 g/mol. The Morgan fingerprint density at radius 3 is 2.52 bits per heavy atom. The van der Waals surface area contributed by atoms with Crippen LogP contribution >= 0.6 is 0 Å². The number of halogens is 2. The molecule has 0 bridgehead atoms. The molecule has 1 aliphatic rings. The van der Waals surface area contributed by atoms with Gasteiger partial charge in [-0.25, -0.2) is 8.78 Å². The van der Waals surface area contributed by atoms with Crippen molar-refractivity contribution in [3.05, 3.63) is 35.4 Å². The van der Waals surface area contributed by atoms with Crippen molar-refractivity contribution in [1.29, 1.82) is 0 Å². The van der Waals surface area contributed by atoms with Crippen LogP contribution < -0.4 is 10.6 Å². The second-order valence-corrected chi connectivity index (χ2v) is 6.72. The van der Waals surface area contributed by atoms with E-state index in [0.29, 0.717) is 19.5 Å². The molecule has 1 heterocycles. The van der Waals surface area contributed by atoms with Crippen LogP contribution in [-0.4, -0.2) is 47.8 Å². The standard InChI is InChI=1S/C19H25F2N3O3/c1-3-24-7-5-4-6-16(19(24)27)23-18(26)12(2)22-17(25)10-13-8-14(20)11-15(21)9-13/h8-9,11-12,16H,3-7,10H2,1-2H3,(H,22,25)(H,23,26). The van der Waals surface area contributed by atoms with Gasteiger partial charge in [0.2, 0.25) is 17.7 Å². The highest BCUT2D eigenvalue weighted by Crippen LogP contribution is 2.12. The van der Waals surface area contributed by atoms with Crippen molar-refractivity contribution in [2.45, 2.75) is 51.6 Å². The molecular formula is C19H25F2N3O3. The molecule has 0 aliphatic carbocycles. The molecule has 6 nitrogen and oxygen atoms in total. The van der Waals surface area contributed by atoms with Gasteiger partial charge in [0.25, 0.3) is 0 Å². The summed E-state index contributed by atoms with van der Waals surface area (Å²) >= 11 is 0. The molecule has 0 radical (unpaired) electrons. The molecule has 0 saturated carbocycles. The van der Waals surface area contributed by atoms with Crippen LogP contribution in [0.4, 0.5) is 8.78 Å². The normalized spacial score (nSPS) is 18.6. The number of likely N-dealkylation sites (tertiary alicyclic amines) is 1. The molecule has 8 heteroatoms. The van der Waals surface area contributed by atoms with Gasteiger partial charge in [0, 0.05) is 19.2 Å². The van der Waals surface area contributed by atoms with E-state index in [4.69, 9.17) is 0 Å². The van der Waals surface area contributed by atoms with Crippen LogP contribution in [-0.2, 0) is 20.8 Å². The molecule has 1 fully saturated rings. The third-order valence-electron chi connectivity index (χ3n) is 4.54. The topological polar surface area (TPSA) is 78.5 Å². The number of carbonyl (C=O) groups excluding carboxylic acids is 3. The summed E-state index contributed by atoms with van der Waals surface area (Å²) < 4.78 is 26.4. The summed E-state index contributed by atoms with van der Waals surface area (Å²) in [5.41, 5.74) is 0.176. The highest BCUT2D eigenvalue weighted by atomic mass is 19.1. The zero-order valence-electron chi connectivity index (χ0n) is 15.6. The van der Waals surface area contributed by atoms with Gasteiger partial charge in [-0.2, -0.15) is 0 Å². The number of nitrogens with one attached hydrogen (secondary N) is 2. The van der Waals surface area contributed by atoms with Gasteiger partial charge >= 0.3 is 0 Å². The Hall–Kier alpha value is -2.51. The predicted molar refractivity (Wildman–Crippen MR) is 95.7 cm³/mol. The SMILES string of the molecule is CCN1CCCCC(NC(=O)C(C)NC(=O)Cc2cc(F)cc(F)c2)C1=O. The first-order valence-electron chi connectivity index (χ1n) is 9.13. The van der Waals surface area contributed by atoms with Crippen LogP contribution in [0.15, 0.2) is 18.2 Å². The van der Waals surface area contributed by atoms with Crippen LogP contribution in [0.1, 0.15) is 38.7 Å². The lowest BCUT2D eigenvalue weighted by atomic mass is 10.1. The van der Waals surface area contributed by atoms with Gasteiger partial charge in [-0.3, -0.25) is 14.4 Å². The fourth-order valence-corrected chi connectivity index (χ4v) is 3.11. The Morgan fingerprint density at radius 1 is 1.22 bits per heavy atom. The Morgan fingerprint density at radius 2 is 1.89 bits per heavy atom. The third kappa shape index (κ3) is 6.01. The molecule has 0 spiro atoms. The summed E-state index contributed by atoms with van der Waals surface area (Å²) in [6.45, 7) is 4.65. The van der Waals surface area contributed by atoms with Crippen molar-refractivity contribution in [2.75, 3.05) is 13.1 Å². The zero-order chi connectivity index (χ0) is 20.0. The highest BCUT2D eigenvalue weighted by molar-refractivity contribution is 5.92. The minimum absolute atomic E-state index is 0.114. The average Bonchev–Trinajstić information content (AvgIpc) is 2.75. The van der Waals surface area contributed by atoms with E-state index in [-0.39, 0.29) is 17.9 Å². The molecule has 0 aromatic heterocycles. The smallest absolute Gasteiger partial charge is 0.245 e. The summed E-state index contributed by atoms with van der Waals surface area (Å²) in [7, 11) is 0. The second-order valence-electron chi connectivity index (χ2n) is 6.72. The molecule has 2 N–H and O–H groups in total. The minimum atomic E-state index is -0.873. The number of amides is 3. The average molecular weight is 381 g/mol. The Kier molecular flexibility index (Phi) is 7.27. The summed E-state index contributed by atoms with van der Waals surface area (Å²) in [6, 6.07) is 1.38. The maximum Gasteiger partial charge on any atom is 0.245 e. The number of hydrogen-bond acceptors (Lipinski definition) is 3. The summed E-state index contributed by atoms with van der Waals surface area (Å²) in [5, 5.41) is 5.19. The van der Waals surface area contributed by atoms with E-state index in [0.717, 1.165) is 31.0 Å². The molecule has 2 rings (SSSR count). The van der Waals surface area contributed by atoms with E-state index in [9.17, 15) is 23.2 Å². The Labute approximate surface area is 157 Å². The van der Waals surface area contributed by atoms with Gasteiger partial charge in [-0.05, 0) is 50.8 Å². The number of rotatable bonds is 6. The van der Waals surface area contributed by atoms with E-state index in [1.807, 2.05) is 6.92 Å². The zero-order valence-corrected chi connectivity index (χ0v) is 15.6. The molecule has 148 valence electrons. The predicted octanol–water partition coefficient (Wildman–Crippen LogP) is 1.53. The van der Waals surface area contributed by atoms with E-state index in [1.165, 1.54) is 6.92 Å². The van der Waals surface area contributed by atoms with Crippen molar-refractivity contribution >= 4 is 17.7 Å². The van der Waals surface area contributed by atoms with Crippen LogP contribution in [0.2, 0.25) is 0 Å². The first-order valence-corrected chi connectivity index (χ1v) is 9.13. The Balaban J connectivity index is 1.90. The molecular weight excluding hydrogens is 356 g/mol. The lowest BCUT2D eigenvalue weighted by Crippen LogP contribution is -2.53. The molecule has 1 saturated heterocycles. The molecule has 1 aromatic carbocycles. The van der Waals surface area contributed by atoms with Gasteiger partial charge in [-0.15, -0.1) is 0 Å². The number of carbonyl (C=O) groups is 3. The molecule has 1 aromatic rings.